The van der Waals surface area contributed by atoms with Gasteiger partial charge in [-0.05, 0) is 246 Å². The fraction of sp³-hybridized carbons (Fsp3) is 0.344. The Morgan fingerprint density at radius 2 is 0.803 bits per heavy atom. The predicted octanol–water partition coefficient (Wildman–Crippen LogP) is 15.7. The lowest BCUT2D eigenvalue weighted by atomic mass is 9.99. The third-order valence-electron chi connectivity index (χ3n) is 14.1. The molecule has 0 fully saturated rings. The van der Waals surface area contributed by atoms with Crippen molar-refractivity contribution in [2.24, 2.45) is 0 Å². The molecule has 0 bridgehead atoms. The molecule has 0 N–H and O–H groups in total. The molecule has 0 saturated carbocycles. The predicted molar refractivity (Wildman–Crippen MR) is 288 cm³/mol. The molecule has 2 heterocycles. The van der Waals surface area contributed by atoms with Crippen LogP contribution in [0.15, 0.2) is 102 Å². The second kappa shape index (κ2) is 22.1. The number of benzene rings is 5. The molecule has 0 spiro atoms. The van der Waals surface area contributed by atoms with Crippen molar-refractivity contribution < 1.29 is 0 Å². The van der Waals surface area contributed by atoms with Crippen LogP contribution in [0.1, 0.15) is 139 Å². The highest BCUT2D eigenvalue weighted by molar-refractivity contribution is 5.72. The van der Waals surface area contributed by atoms with Crippen LogP contribution < -0.4 is 0 Å². The second-order valence-corrected chi connectivity index (χ2v) is 19.4. The molecular formula is C64H76N2. The van der Waals surface area contributed by atoms with E-state index in [1.807, 2.05) is 6.92 Å². The van der Waals surface area contributed by atoms with Crippen LogP contribution in [0.25, 0.3) is 18.2 Å². The zero-order valence-electron chi connectivity index (χ0n) is 43.2. The Morgan fingerprint density at radius 1 is 0.424 bits per heavy atom. The molecule has 5 aliphatic rings. The van der Waals surface area contributed by atoms with E-state index in [1.54, 1.807) is 11.1 Å². The summed E-state index contributed by atoms with van der Waals surface area (Å²) in [6.45, 7) is 34.6. The normalized spacial score (nSPS) is 14.7. The van der Waals surface area contributed by atoms with Crippen molar-refractivity contribution in [3.8, 4) is 11.8 Å². The van der Waals surface area contributed by atoms with Crippen LogP contribution in [0.3, 0.4) is 0 Å². The number of aryl methyl sites for hydroxylation is 10. The van der Waals surface area contributed by atoms with Crippen molar-refractivity contribution in [3.63, 3.8) is 0 Å². The zero-order valence-corrected chi connectivity index (χ0v) is 43.2. The van der Waals surface area contributed by atoms with Crippen LogP contribution in [-0.2, 0) is 45.4 Å². The van der Waals surface area contributed by atoms with Crippen LogP contribution in [0.2, 0.25) is 0 Å². The van der Waals surface area contributed by atoms with Crippen LogP contribution in [-0.4, -0.2) is 16.8 Å². The Labute approximate surface area is 400 Å². The summed E-state index contributed by atoms with van der Waals surface area (Å²) in [6, 6.07) is 22.2. The molecule has 0 radical (unpaired) electrons. The monoisotopic (exact) mass is 873 g/mol. The number of allylic oxidation sites excluding steroid dienone is 6. The Hall–Kier alpha value is -5.88. The maximum Gasteiger partial charge on any atom is 0.0433 e. The number of nitrogens with zero attached hydrogens (tertiary/aromatic N) is 2. The summed E-state index contributed by atoms with van der Waals surface area (Å²) in [5.74, 6) is 6.12. The molecule has 5 aromatic rings. The number of rotatable bonds is 2. The zero-order chi connectivity index (χ0) is 47.8. The van der Waals surface area contributed by atoms with E-state index in [-0.39, 0.29) is 0 Å². The van der Waals surface area contributed by atoms with Gasteiger partial charge in [0.25, 0.3) is 0 Å². The molecule has 2 aliphatic heterocycles. The van der Waals surface area contributed by atoms with Gasteiger partial charge in [-0.25, -0.2) is 0 Å². The third kappa shape index (κ3) is 11.6. The van der Waals surface area contributed by atoms with Gasteiger partial charge in [-0.15, -0.1) is 5.92 Å². The van der Waals surface area contributed by atoms with E-state index in [2.05, 4.69) is 222 Å². The van der Waals surface area contributed by atoms with E-state index in [1.165, 1.54) is 117 Å². The van der Waals surface area contributed by atoms with Gasteiger partial charge in [0.2, 0.25) is 0 Å². The van der Waals surface area contributed by atoms with Crippen LogP contribution >= 0.6 is 0 Å². The van der Waals surface area contributed by atoms with E-state index in [0.717, 1.165) is 45.4 Å². The summed E-state index contributed by atoms with van der Waals surface area (Å²) in [6.07, 6.45) is 18.7. The Morgan fingerprint density at radius 3 is 1.20 bits per heavy atom. The van der Waals surface area contributed by atoms with Gasteiger partial charge in [-0.3, -0.25) is 4.90 Å². The van der Waals surface area contributed by atoms with Gasteiger partial charge in [0.1, 0.15) is 0 Å². The van der Waals surface area contributed by atoms with Gasteiger partial charge < -0.3 is 4.90 Å². The molecule has 10 rings (SSSR count). The van der Waals surface area contributed by atoms with Gasteiger partial charge in [-0.2, -0.15) is 0 Å². The summed E-state index contributed by atoms with van der Waals surface area (Å²) in [5, 5.41) is 0. The fourth-order valence-electron chi connectivity index (χ4n) is 10.1. The maximum absolute atomic E-state index is 3.16. The van der Waals surface area contributed by atoms with E-state index >= 15 is 0 Å². The van der Waals surface area contributed by atoms with Crippen LogP contribution in [0, 0.1) is 81.1 Å². The molecule has 0 atom stereocenters. The molecule has 0 saturated heterocycles. The highest BCUT2D eigenvalue weighted by Gasteiger charge is 2.21. The van der Waals surface area contributed by atoms with Crippen LogP contribution in [0.5, 0.6) is 0 Å². The lowest BCUT2D eigenvalue weighted by Crippen LogP contribution is -2.07. The molecule has 2 heteroatoms. The van der Waals surface area contributed by atoms with E-state index in [0.29, 0.717) is 0 Å². The number of hydrogen-bond acceptors (Lipinski definition) is 2. The minimum Gasteiger partial charge on any atom is -0.369 e. The topological polar surface area (TPSA) is 6.48 Å². The standard InChI is InChI=1S/C14H16.C14H14.C13H17N.C12H14.C11H15N/c2*1-4-5-12-8-13-10(2)6-7-11(3)14(13)9-12;1-4-7-14-8-12-10(2)5-6-11(3)13(12)9-14;1-8-6-11-9(2)4-5-10(3)12(11)7-8;1-8-4-5-9(2)11-7-12(3)6-10(8)11/h4-8H,9H2,1-3H3;6-8H,9H2,1-3H3;4-7H,8-9H2,1-3H3;4-6H,7H2,1-3H3;4-5H,6-7H2,1-3H3/b5-4+;;7-4+;;. The molecule has 0 amide bonds. The van der Waals surface area contributed by atoms with Gasteiger partial charge in [0.05, 0.1) is 0 Å². The fourth-order valence-corrected chi connectivity index (χ4v) is 10.1. The number of hydrogen-bond donors (Lipinski definition) is 0. The van der Waals surface area contributed by atoms with E-state index in [4.69, 9.17) is 0 Å². The van der Waals surface area contributed by atoms with E-state index < -0.39 is 0 Å². The van der Waals surface area contributed by atoms with Crippen molar-refractivity contribution in [2.45, 2.75) is 142 Å². The lowest BCUT2D eigenvalue weighted by Gasteiger charge is -2.10. The Kier molecular flexibility index (Phi) is 16.6. The highest BCUT2D eigenvalue weighted by Crippen LogP contribution is 2.33. The SMILES string of the molecule is C/C=C/C1=Cc2c(C)ccc(C)c2C1.C/C=C/N1Cc2c(C)ccc(C)c2C1.CC#CC1=Cc2c(C)ccc(C)c2C1.CC1=Cc2c(C)ccc(C)c2C1.Cc1ccc(C)c2c1CN(C)C2. The minimum absolute atomic E-state index is 1.02. The van der Waals surface area contributed by atoms with Crippen molar-refractivity contribution in [2.75, 3.05) is 7.05 Å². The van der Waals surface area contributed by atoms with Gasteiger partial charge in [0, 0.05) is 38.2 Å². The lowest BCUT2D eigenvalue weighted by molar-refractivity contribution is 0.352. The molecule has 5 aromatic carbocycles. The smallest absolute Gasteiger partial charge is 0.0433 e. The third-order valence-corrected chi connectivity index (χ3v) is 14.1. The second-order valence-electron chi connectivity index (χ2n) is 19.4. The minimum atomic E-state index is 1.02. The summed E-state index contributed by atoms with van der Waals surface area (Å²) in [4.78, 5) is 4.73. The Bertz CT molecular complexity index is 2740. The van der Waals surface area contributed by atoms with Gasteiger partial charge in [0.15, 0.2) is 0 Å². The average Bonchev–Trinajstić information content (AvgIpc) is 4.14. The first-order valence-electron chi connectivity index (χ1n) is 24.2. The summed E-state index contributed by atoms with van der Waals surface area (Å²) in [7, 11) is 2.18. The largest absolute Gasteiger partial charge is 0.369 e. The summed E-state index contributed by atoms with van der Waals surface area (Å²) >= 11 is 0. The number of fused-ring (bicyclic) bond motifs is 5. The molecule has 0 unspecified atom stereocenters. The van der Waals surface area contributed by atoms with Gasteiger partial charge >= 0.3 is 0 Å². The molecule has 3 aliphatic carbocycles. The molecule has 2 nitrogen and oxygen atoms in total. The quantitative estimate of drug-likeness (QED) is 0.163. The van der Waals surface area contributed by atoms with Crippen molar-refractivity contribution in [1.29, 1.82) is 0 Å². The Balaban J connectivity index is 0.000000137. The molecule has 0 aromatic heterocycles. The summed E-state index contributed by atoms with van der Waals surface area (Å²) in [5.41, 5.74) is 33.3. The van der Waals surface area contributed by atoms with Crippen molar-refractivity contribution >= 4 is 18.2 Å². The summed E-state index contributed by atoms with van der Waals surface area (Å²) < 4.78 is 0. The first-order chi connectivity index (χ1) is 31.5. The van der Waals surface area contributed by atoms with E-state index in [9.17, 15) is 0 Å². The van der Waals surface area contributed by atoms with Gasteiger partial charge in [-0.1, -0.05) is 103 Å². The van der Waals surface area contributed by atoms with Crippen LogP contribution in [0.4, 0.5) is 0 Å². The molecular weight excluding hydrogens is 797 g/mol. The molecule has 342 valence electrons. The first kappa shape index (κ1) is 49.6. The molecule has 66 heavy (non-hydrogen) atoms. The first-order valence-corrected chi connectivity index (χ1v) is 24.2. The highest BCUT2D eigenvalue weighted by atomic mass is 15.1. The maximum atomic E-state index is 3.16. The van der Waals surface area contributed by atoms with Crippen molar-refractivity contribution in [1.82, 2.24) is 9.80 Å². The van der Waals surface area contributed by atoms with Crippen molar-refractivity contribution in [3.05, 3.63) is 213 Å². The average molecular weight is 873 g/mol.